The van der Waals surface area contributed by atoms with Crippen LogP contribution in [0, 0.1) is 5.82 Å². The zero-order chi connectivity index (χ0) is 19.5. The van der Waals surface area contributed by atoms with Crippen molar-refractivity contribution in [2.45, 2.75) is 0 Å². The van der Waals surface area contributed by atoms with Crippen LogP contribution >= 0.6 is 24.0 Å². The van der Waals surface area contributed by atoms with Crippen LogP contribution in [-0.2, 0) is 4.74 Å². The fourth-order valence-electron chi connectivity index (χ4n) is 3.25. The minimum Gasteiger partial charge on any atom is -0.490 e. The predicted molar refractivity (Wildman–Crippen MR) is 118 cm³/mol. The lowest BCUT2D eigenvalue weighted by molar-refractivity contribution is 0.146. The third-order valence-electron chi connectivity index (χ3n) is 4.67. The van der Waals surface area contributed by atoms with Gasteiger partial charge in [-0.05, 0) is 52.2 Å². The number of nitrogens with one attached hydrogen (secondary N) is 1. The van der Waals surface area contributed by atoms with Crippen LogP contribution in [0.2, 0.25) is 5.02 Å². The van der Waals surface area contributed by atoms with E-state index in [1.807, 2.05) is 18.2 Å². The van der Waals surface area contributed by atoms with E-state index in [0.717, 1.165) is 52.1 Å². The second-order valence-electron chi connectivity index (χ2n) is 6.54. The van der Waals surface area contributed by atoms with E-state index in [9.17, 15) is 4.39 Å². The minimum atomic E-state index is -0.420. The van der Waals surface area contributed by atoms with Gasteiger partial charge in [-0.3, -0.25) is 4.99 Å². The summed E-state index contributed by atoms with van der Waals surface area (Å²) < 4.78 is 24.5. The van der Waals surface area contributed by atoms with Gasteiger partial charge in [-0.1, -0.05) is 29.8 Å². The maximum Gasteiger partial charge on any atom is 0.141 e. The van der Waals surface area contributed by atoms with Crippen molar-refractivity contribution in [1.82, 2.24) is 5.32 Å². The van der Waals surface area contributed by atoms with E-state index in [-0.39, 0.29) is 17.4 Å². The lowest BCUT2D eigenvalue weighted by Crippen LogP contribution is -2.20. The van der Waals surface area contributed by atoms with E-state index >= 15 is 0 Å². The second-order valence-corrected chi connectivity index (χ2v) is 6.94. The summed E-state index contributed by atoms with van der Waals surface area (Å²) in [4.78, 5) is 4.54. The van der Waals surface area contributed by atoms with E-state index in [4.69, 9.17) is 21.1 Å². The Morgan fingerprint density at radius 3 is 2.55 bits per heavy atom. The Balaban J connectivity index is 0.00000240. The molecular weight excluding hydrogens is 414 g/mol. The van der Waals surface area contributed by atoms with Crippen molar-refractivity contribution in [3.63, 3.8) is 0 Å². The molecule has 0 amide bonds. The molecule has 0 saturated carbocycles. The number of amidine groups is 1. The van der Waals surface area contributed by atoms with E-state index in [0.29, 0.717) is 13.2 Å². The standard InChI is InChI=1S/C22H20ClFN2O2.ClH/c1-27-8-9-28-21-13-16-3-2-14(15-4-5-20(24)19(23)12-15)10-17(16)11-18(21)22-25-6-7-26-22;/h2-5,10-13H,6-9H2,1H3,(H,25,26);1H. The van der Waals surface area contributed by atoms with Gasteiger partial charge in [0, 0.05) is 13.7 Å². The molecule has 4 nitrogen and oxygen atoms in total. The van der Waals surface area contributed by atoms with Gasteiger partial charge >= 0.3 is 0 Å². The third kappa shape index (κ3) is 4.64. The molecule has 0 aliphatic carbocycles. The fraction of sp³-hybridized carbons (Fsp3) is 0.227. The molecule has 3 aromatic rings. The molecule has 4 rings (SSSR count). The van der Waals surface area contributed by atoms with Gasteiger partial charge in [-0.2, -0.15) is 0 Å². The molecule has 3 aromatic carbocycles. The predicted octanol–water partition coefficient (Wildman–Crippen LogP) is 5.10. The molecule has 0 fully saturated rings. The first-order valence-electron chi connectivity index (χ1n) is 9.09. The smallest absolute Gasteiger partial charge is 0.141 e. The number of aliphatic imine (C=N–C) groups is 1. The molecule has 7 heteroatoms. The molecule has 0 radical (unpaired) electrons. The molecule has 0 aromatic heterocycles. The maximum atomic E-state index is 13.5. The van der Waals surface area contributed by atoms with Crippen molar-refractivity contribution in [2.24, 2.45) is 4.99 Å². The van der Waals surface area contributed by atoms with Crippen molar-refractivity contribution >= 4 is 40.6 Å². The lowest BCUT2D eigenvalue weighted by Gasteiger charge is -2.14. The largest absolute Gasteiger partial charge is 0.490 e. The number of methoxy groups -OCH3 is 1. The van der Waals surface area contributed by atoms with E-state index in [2.05, 4.69) is 22.4 Å². The Hall–Kier alpha value is -2.34. The zero-order valence-corrected chi connectivity index (χ0v) is 17.4. The van der Waals surface area contributed by atoms with Crippen LogP contribution in [0.15, 0.2) is 53.5 Å². The van der Waals surface area contributed by atoms with E-state index < -0.39 is 5.82 Å². The number of nitrogens with zero attached hydrogens (tertiary/aromatic N) is 1. The zero-order valence-electron chi connectivity index (χ0n) is 15.9. The first kappa shape index (κ1) is 21.4. The molecule has 152 valence electrons. The molecule has 0 atom stereocenters. The normalized spacial score (nSPS) is 13.0. The minimum absolute atomic E-state index is 0. The van der Waals surface area contributed by atoms with Crippen LogP contribution in [0.25, 0.3) is 21.9 Å². The van der Waals surface area contributed by atoms with Crippen molar-refractivity contribution in [3.05, 3.63) is 64.9 Å². The summed E-state index contributed by atoms with van der Waals surface area (Å²) in [6.07, 6.45) is 0. The fourth-order valence-corrected chi connectivity index (χ4v) is 3.43. The number of hydrogen-bond acceptors (Lipinski definition) is 4. The Kier molecular flexibility index (Phi) is 6.96. The number of benzene rings is 3. The van der Waals surface area contributed by atoms with Gasteiger partial charge in [-0.25, -0.2) is 4.39 Å². The molecule has 0 unspecified atom stereocenters. The average molecular weight is 435 g/mol. The van der Waals surface area contributed by atoms with Gasteiger partial charge in [0.05, 0.1) is 23.7 Å². The topological polar surface area (TPSA) is 42.9 Å². The number of halogens is 3. The molecule has 29 heavy (non-hydrogen) atoms. The van der Waals surface area contributed by atoms with Gasteiger partial charge in [0.25, 0.3) is 0 Å². The van der Waals surface area contributed by atoms with Crippen molar-refractivity contribution in [3.8, 4) is 16.9 Å². The van der Waals surface area contributed by atoms with Gasteiger partial charge in [-0.15, -0.1) is 12.4 Å². The number of fused-ring (bicyclic) bond motifs is 1. The molecule has 1 aliphatic heterocycles. The van der Waals surface area contributed by atoms with Crippen LogP contribution in [0.4, 0.5) is 4.39 Å². The summed E-state index contributed by atoms with van der Waals surface area (Å²) >= 11 is 5.95. The SMILES string of the molecule is COCCOc1cc2ccc(-c3ccc(F)c(Cl)c3)cc2cc1C1=NCCN1.Cl. The highest BCUT2D eigenvalue weighted by molar-refractivity contribution is 6.31. The van der Waals surface area contributed by atoms with Crippen LogP contribution < -0.4 is 10.1 Å². The second kappa shape index (κ2) is 9.44. The monoisotopic (exact) mass is 434 g/mol. The summed E-state index contributed by atoms with van der Waals surface area (Å²) in [6.45, 7) is 2.55. The molecule has 0 spiro atoms. The number of ether oxygens (including phenoxy) is 2. The summed E-state index contributed by atoms with van der Waals surface area (Å²) in [5.41, 5.74) is 2.76. The summed E-state index contributed by atoms with van der Waals surface area (Å²) in [7, 11) is 1.65. The van der Waals surface area contributed by atoms with E-state index in [1.54, 1.807) is 19.2 Å². The van der Waals surface area contributed by atoms with E-state index in [1.165, 1.54) is 6.07 Å². The highest BCUT2D eigenvalue weighted by Crippen LogP contribution is 2.32. The molecule has 1 aliphatic rings. The summed E-state index contributed by atoms with van der Waals surface area (Å²) in [5, 5.41) is 5.52. The number of hydrogen-bond donors (Lipinski definition) is 1. The van der Waals surface area contributed by atoms with Crippen LogP contribution in [0.5, 0.6) is 5.75 Å². The maximum absolute atomic E-state index is 13.5. The van der Waals surface area contributed by atoms with Crippen LogP contribution in [0.3, 0.4) is 0 Å². The van der Waals surface area contributed by atoms with Crippen molar-refractivity contribution < 1.29 is 13.9 Å². The van der Waals surface area contributed by atoms with Gasteiger partial charge in [0.15, 0.2) is 0 Å². The quantitative estimate of drug-likeness (QED) is 0.549. The van der Waals surface area contributed by atoms with Crippen LogP contribution in [-0.4, -0.2) is 39.2 Å². The summed E-state index contributed by atoms with van der Waals surface area (Å²) in [6, 6.07) is 14.9. The highest BCUT2D eigenvalue weighted by atomic mass is 35.5. The Morgan fingerprint density at radius 2 is 1.83 bits per heavy atom. The average Bonchev–Trinajstić information content (AvgIpc) is 3.24. The number of rotatable bonds is 6. The van der Waals surface area contributed by atoms with Gasteiger partial charge in [0.1, 0.15) is 24.0 Å². The Morgan fingerprint density at radius 1 is 1.03 bits per heavy atom. The summed E-state index contributed by atoms with van der Waals surface area (Å²) in [5.74, 6) is 1.19. The third-order valence-corrected chi connectivity index (χ3v) is 4.96. The Labute approximate surface area is 180 Å². The lowest BCUT2D eigenvalue weighted by atomic mass is 9.99. The Bertz CT molecular complexity index is 1060. The van der Waals surface area contributed by atoms with Gasteiger partial charge in [0.2, 0.25) is 0 Å². The molecule has 0 bridgehead atoms. The van der Waals surface area contributed by atoms with Crippen molar-refractivity contribution in [1.29, 1.82) is 0 Å². The molecule has 1 heterocycles. The first-order valence-corrected chi connectivity index (χ1v) is 9.47. The molecular formula is C22H21Cl2FN2O2. The van der Waals surface area contributed by atoms with Crippen LogP contribution in [0.1, 0.15) is 5.56 Å². The van der Waals surface area contributed by atoms with Gasteiger partial charge < -0.3 is 14.8 Å². The van der Waals surface area contributed by atoms with Crippen molar-refractivity contribution in [2.75, 3.05) is 33.4 Å². The molecule has 0 saturated heterocycles. The first-order chi connectivity index (χ1) is 13.7. The highest BCUT2D eigenvalue weighted by Gasteiger charge is 2.16. The molecule has 1 N–H and O–H groups in total.